The van der Waals surface area contributed by atoms with Crippen molar-refractivity contribution in [3.8, 4) is 11.4 Å². The molecule has 1 aromatic carbocycles. The van der Waals surface area contributed by atoms with Crippen molar-refractivity contribution in [3.63, 3.8) is 0 Å². The van der Waals surface area contributed by atoms with E-state index in [-0.39, 0.29) is 23.9 Å². The molecule has 2 aliphatic heterocycles. The van der Waals surface area contributed by atoms with Crippen LogP contribution in [-0.2, 0) is 20.7 Å². The second kappa shape index (κ2) is 8.36. The minimum Gasteiger partial charge on any atom is -0.350 e. The van der Waals surface area contributed by atoms with Crippen LogP contribution >= 0.6 is 0 Å². The molecule has 3 heterocycles. The summed E-state index contributed by atoms with van der Waals surface area (Å²) in [6, 6.07) is 4.67. The number of hydrogen-bond acceptors (Lipinski definition) is 6. The molecule has 2 aromatic rings. The van der Waals surface area contributed by atoms with E-state index in [2.05, 4.69) is 10.1 Å². The van der Waals surface area contributed by atoms with E-state index in [4.69, 9.17) is 14.0 Å². The predicted molar refractivity (Wildman–Crippen MR) is 97.7 cm³/mol. The van der Waals surface area contributed by atoms with E-state index in [1.807, 2.05) is 4.90 Å². The highest BCUT2D eigenvalue weighted by molar-refractivity contribution is 5.76. The molecule has 1 amide bonds. The Hall–Kier alpha value is -2.32. The molecule has 0 N–H and O–H groups in total. The van der Waals surface area contributed by atoms with Gasteiger partial charge in [-0.3, -0.25) is 4.79 Å². The molecule has 0 radical (unpaired) electrons. The lowest BCUT2D eigenvalue weighted by molar-refractivity contribution is -0.139. The van der Waals surface area contributed by atoms with Crippen LogP contribution in [-0.4, -0.2) is 53.5 Å². The summed E-state index contributed by atoms with van der Waals surface area (Å²) in [5, 5.41) is 3.95. The third kappa shape index (κ3) is 4.23. The van der Waals surface area contributed by atoms with Crippen LogP contribution in [0.3, 0.4) is 0 Å². The maximum Gasteiger partial charge on any atom is 0.227 e. The van der Waals surface area contributed by atoms with Crippen LogP contribution in [0.2, 0.25) is 0 Å². The summed E-state index contributed by atoms with van der Waals surface area (Å²) in [5.74, 6) is 0.837. The van der Waals surface area contributed by atoms with Crippen molar-refractivity contribution in [2.45, 2.75) is 38.9 Å². The van der Waals surface area contributed by atoms with Gasteiger partial charge in [-0.1, -0.05) is 5.16 Å². The Morgan fingerprint density at radius 3 is 2.93 bits per heavy atom. The first kappa shape index (κ1) is 19.0. The fourth-order valence-electron chi connectivity index (χ4n) is 3.74. The number of benzene rings is 1. The molecule has 150 valence electrons. The van der Waals surface area contributed by atoms with E-state index >= 15 is 0 Å². The fourth-order valence-corrected chi connectivity index (χ4v) is 3.74. The standard InChI is InChI=1S/C20H24FN3O4/c1-13-11-14(4-5-16(13)21)19-22-17(28-23-19)6-7-18(25)24-8-2-3-15(12-24)20-26-9-10-27-20/h4-5,11,15,20H,2-3,6-10,12H2,1H3. The van der Waals surface area contributed by atoms with Crippen molar-refractivity contribution < 1.29 is 23.2 Å². The minimum atomic E-state index is -0.272. The summed E-state index contributed by atoms with van der Waals surface area (Å²) < 4.78 is 29.9. The van der Waals surface area contributed by atoms with Crippen molar-refractivity contribution in [1.29, 1.82) is 0 Å². The monoisotopic (exact) mass is 389 g/mol. The van der Waals surface area contributed by atoms with Crippen LogP contribution in [0.1, 0.15) is 30.7 Å². The van der Waals surface area contributed by atoms with E-state index in [9.17, 15) is 9.18 Å². The SMILES string of the molecule is Cc1cc(-c2noc(CCC(=O)N3CCCC(C4OCCO4)C3)n2)ccc1F. The highest BCUT2D eigenvalue weighted by Gasteiger charge is 2.32. The van der Waals surface area contributed by atoms with E-state index in [1.165, 1.54) is 6.07 Å². The smallest absolute Gasteiger partial charge is 0.227 e. The molecule has 0 saturated carbocycles. The summed E-state index contributed by atoms with van der Waals surface area (Å²) in [4.78, 5) is 18.8. The van der Waals surface area contributed by atoms with Crippen LogP contribution in [0.5, 0.6) is 0 Å². The summed E-state index contributed by atoms with van der Waals surface area (Å²) in [6.07, 6.45) is 2.47. The maximum absolute atomic E-state index is 13.4. The van der Waals surface area contributed by atoms with E-state index < -0.39 is 0 Å². The lowest BCUT2D eigenvalue weighted by atomic mass is 9.97. The van der Waals surface area contributed by atoms with Crippen molar-refractivity contribution >= 4 is 5.91 Å². The fraction of sp³-hybridized carbons (Fsp3) is 0.550. The van der Waals surface area contributed by atoms with Gasteiger partial charge in [-0.2, -0.15) is 4.98 Å². The average molecular weight is 389 g/mol. The van der Waals surface area contributed by atoms with Gasteiger partial charge in [0.2, 0.25) is 17.6 Å². The van der Waals surface area contributed by atoms with Crippen LogP contribution < -0.4 is 0 Å². The summed E-state index contributed by atoms with van der Waals surface area (Å²) in [5.41, 5.74) is 1.21. The Labute approximate surface area is 162 Å². The molecule has 28 heavy (non-hydrogen) atoms. The highest BCUT2D eigenvalue weighted by atomic mass is 19.1. The predicted octanol–water partition coefficient (Wildman–Crippen LogP) is 2.73. The molecule has 8 heteroatoms. The number of halogens is 1. The topological polar surface area (TPSA) is 77.7 Å². The van der Waals surface area contributed by atoms with Crippen LogP contribution in [0.25, 0.3) is 11.4 Å². The minimum absolute atomic E-state index is 0.0695. The Morgan fingerprint density at radius 2 is 2.14 bits per heavy atom. The van der Waals surface area contributed by atoms with E-state index in [1.54, 1.807) is 19.1 Å². The molecule has 0 bridgehead atoms. The second-order valence-electron chi connectivity index (χ2n) is 7.33. The van der Waals surface area contributed by atoms with Gasteiger partial charge in [-0.25, -0.2) is 4.39 Å². The molecular formula is C20H24FN3O4. The molecule has 1 unspecified atom stereocenters. The summed E-state index contributed by atoms with van der Waals surface area (Å²) in [7, 11) is 0. The molecule has 0 aliphatic carbocycles. The van der Waals surface area contributed by atoms with Crippen molar-refractivity contribution in [1.82, 2.24) is 15.0 Å². The third-order valence-corrected chi connectivity index (χ3v) is 5.28. The summed E-state index contributed by atoms with van der Waals surface area (Å²) >= 11 is 0. The quantitative estimate of drug-likeness (QED) is 0.783. The van der Waals surface area contributed by atoms with Gasteiger partial charge in [0.05, 0.1) is 13.2 Å². The Morgan fingerprint density at radius 1 is 1.32 bits per heavy atom. The van der Waals surface area contributed by atoms with E-state index in [0.29, 0.717) is 55.4 Å². The average Bonchev–Trinajstić information content (AvgIpc) is 3.40. The van der Waals surface area contributed by atoms with Gasteiger partial charge in [0.1, 0.15) is 5.82 Å². The van der Waals surface area contributed by atoms with Crippen molar-refractivity contribution in [3.05, 3.63) is 35.5 Å². The highest BCUT2D eigenvalue weighted by Crippen LogP contribution is 2.25. The van der Waals surface area contributed by atoms with Crippen LogP contribution in [0.4, 0.5) is 4.39 Å². The molecule has 1 aromatic heterocycles. The molecule has 1 atom stereocenters. The summed E-state index contributed by atoms with van der Waals surface area (Å²) in [6.45, 7) is 4.36. The number of nitrogens with zero attached hydrogens (tertiary/aromatic N) is 3. The zero-order valence-corrected chi connectivity index (χ0v) is 15.9. The number of carbonyl (C=O) groups is 1. The van der Waals surface area contributed by atoms with Gasteiger partial charge >= 0.3 is 0 Å². The first-order valence-corrected chi connectivity index (χ1v) is 9.70. The molecule has 4 rings (SSSR count). The van der Waals surface area contributed by atoms with Crippen LogP contribution in [0, 0.1) is 18.7 Å². The number of rotatable bonds is 5. The van der Waals surface area contributed by atoms with E-state index in [0.717, 1.165) is 19.4 Å². The number of aromatic nitrogens is 2. The number of amides is 1. The van der Waals surface area contributed by atoms with Gasteiger partial charge in [0, 0.05) is 37.4 Å². The number of hydrogen-bond donors (Lipinski definition) is 0. The number of piperidine rings is 1. The normalized spacial score (nSPS) is 20.6. The number of ether oxygens (including phenoxy) is 2. The number of aryl methyl sites for hydroxylation is 2. The maximum atomic E-state index is 13.4. The van der Waals surface area contributed by atoms with Gasteiger partial charge in [-0.15, -0.1) is 0 Å². The molecular weight excluding hydrogens is 365 g/mol. The molecule has 2 fully saturated rings. The zero-order valence-electron chi connectivity index (χ0n) is 15.9. The second-order valence-corrected chi connectivity index (χ2v) is 7.33. The van der Waals surface area contributed by atoms with Gasteiger partial charge < -0.3 is 18.9 Å². The Kier molecular flexibility index (Phi) is 5.68. The van der Waals surface area contributed by atoms with Gasteiger partial charge in [0.15, 0.2) is 6.29 Å². The van der Waals surface area contributed by atoms with Crippen LogP contribution in [0.15, 0.2) is 22.7 Å². The first-order valence-electron chi connectivity index (χ1n) is 9.70. The zero-order chi connectivity index (χ0) is 19.5. The third-order valence-electron chi connectivity index (χ3n) is 5.28. The Balaban J connectivity index is 1.32. The van der Waals surface area contributed by atoms with Gasteiger partial charge in [-0.05, 0) is 43.5 Å². The largest absolute Gasteiger partial charge is 0.350 e. The molecule has 0 spiro atoms. The van der Waals surface area contributed by atoms with Crippen molar-refractivity contribution in [2.24, 2.45) is 5.92 Å². The Bertz CT molecular complexity index is 835. The molecule has 2 saturated heterocycles. The van der Waals surface area contributed by atoms with Gasteiger partial charge in [0.25, 0.3) is 0 Å². The lowest BCUT2D eigenvalue weighted by Gasteiger charge is -2.34. The number of carbonyl (C=O) groups excluding carboxylic acids is 1. The number of likely N-dealkylation sites (tertiary alicyclic amines) is 1. The molecule has 7 nitrogen and oxygen atoms in total. The molecule has 2 aliphatic rings. The lowest BCUT2D eigenvalue weighted by Crippen LogP contribution is -2.43. The first-order chi connectivity index (χ1) is 13.6. The van der Waals surface area contributed by atoms with Crippen molar-refractivity contribution in [2.75, 3.05) is 26.3 Å².